The molecule has 0 bridgehead atoms. The van der Waals surface area contributed by atoms with Gasteiger partial charge < -0.3 is 24.5 Å². The van der Waals surface area contributed by atoms with Crippen molar-refractivity contribution in [1.29, 1.82) is 0 Å². The molecule has 0 saturated carbocycles. The molecule has 1 aliphatic heterocycles. The average molecular weight is 315 g/mol. The van der Waals surface area contributed by atoms with Crippen molar-refractivity contribution in [1.82, 2.24) is 14.5 Å². The van der Waals surface area contributed by atoms with E-state index in [4.69, 9.17) is 0 Å². The quantitative estimate of drug-likeness (QED) is 0.624. The summed E-state index contributed by atoms with van der Waals surface area (Å²) in [5, 5.41) is 10.6. The number of imidazole rings is 1. The Hall–Kier alpha value is -2.90. The topological polar surface area (TPSA) is 84.5 Å². The monoisotopic (exact) mass is 315 g/mol. The molecule has 1 saturated heterocycles. The third-order valence-corrected chi connectivity index (χ3v) is 3.88. The Morgan fingerprint density at radius 3 is 2.48 bits per heavy atom. The molecule has 23 heavy (non-hydrogen) atoms. The van der Waals surface area contributed by atoms with E-state index in [1.54, 1.807) is 4.90 Å². The molecule has 8 heteroatoms. The Morgan fingerprint density at radius 2 is 1.87 bits per heavy atom. The van der Waals surface area contributed by atoms with E-state index < -0.39 is 4.92 Å². The van der Waals surface area contributed by atoms with Crippen LogP contribution in [0.4, 0.5) is 11.5 Å². The second-order valence-corrected chi connectivity index (χ2v) is 5.36. The maximum Gasteiger partial charge on any atom is 0.381 e. The number of nitro groups is 1. The van der Waals surface area contributed by atoms with E-state index in [0.717, 1.165) is 18.8 Å². The number of para-hydroxylation sites is 1. The summed E-state index contributed by atoms with van der Waals surface area (Å²) >= 11 is 0. The summed E-state index contributed by atoms with van der Waals surface area (Å²) < 4.78 is 1.45. The van der Waals surface area contributed by atoms with Gasteiger partial charge >= 0.3 is 5.82 Å². The number of rotatable bonds is 4. The van der Waals surface area contributed by atoms with Crippen LogP contribution in [0.5, 0.6) is 0 Å². The number of amides is 1. The molecule has 0 radical (unpaired) electrons. The predicted octanol–water partition coefficient (Wildman–Crippen LogP) is 1.14. The van der Waals surface area contributed by atoms with E-state index >= 15 is 0 Å². The molecule has 0 spiro atoms. The smallest absolute Gasteiger partial charge is 0.368 e. The van der Waals surface area contributed by atoms with Gasteiger partial charge in [0, 0.05) is 31.9 Å². The molecule has 1 fully saturated rings. The lowest BCUT2D eigenvalue weighted by molar-refractivity contribution is -0.389. The van der Waals surface area contributed by atoms with Crippen LogP contribution in [-0.4, -0.2) is 51.5 Å². The maximum absolute atomic E-state index is 12.3. The fourth-order valence-corrected chi connectivity index (χ4v) is 2.64. The third-order valence-electron chi connectivity index (χ3n) is 3.88. The van der Waals surface area contributed by atoms with Gasteiger partial charge in [0.15, 0.2) is 0 Å². The van der Waals surface area contributed by atoms with E-state index in [0.29, 0.717) is 13.1 Å². The van der Waals surface area contributed by atoms with Gasteiger partial charge in [0.2, 0.25) is 12.2 Å². The van der Waals surface area contributed by atoms with Crippen LogP contribution >= 0.6 is 0 Å². The number of carbonyl (C=O) groups is 1. The van der Waals surface area contributed by atoms with Gasteiger partial charge in [0.1, 0.15) is 12.7 Å². The Kier molecular flexibility index (Phi) is 4.22. The van der Waals surface area contributed by atoms with Crippen LogP contribution < -0.4 is 4.90 Å². The van der Waals surface area contributed by atoms with Crippen LogP contribution in [0.3, 0.4) is 0 Å². The highest BCUT2D eigenvalue weighted by molar-refractivity contribution is 5.76. The zero-order chi connectivity index (χ0) is 16.2. The molecule has 1 aromatic carbocycles. The van der Waals surface area contributed by atoms with Crippen molar-refractivity contribution in [3.05, 3.63) is 53.0 Å². The Labute approximate surface area is 133 Å². The molecule has 1 aromatic heterocycles. The lowest BCUT2D eigenvalue weighted by atomic mass is 10.2. The van der Waals surface area contributed by atoms with Crippen LogP contribution in [0, 0.1) is 10.1 Å². The van der Waals surface area contributed by atoms with Gasteiger partial charge in [-0.3, -0.25) is 4.79 Å². The zero-order valence-corrected chi connectivity index (χ0v) is 12.5. The fraction of sp³-hybridized carbons (Fsp3) is 0.333. The van der Waals surface area contributed by atoms with Crippen molar-refractivity contribution in [2.75, 3.05) is 31.1 Å². The van der Waals surface area contributed by atoms with Gasteiger partial charge in [0.25, 0.3) is 0 Å². The minimum absolute atomic E-state index is 0.0509. The summed E-state index contributed by atoms with van der Waals surface area (Å²) in [6.45, 7) is 2.92. The summed E-state index contributed by atoms with van der Waals surface area (Å²) in [4.78, 5) is 30.0. The molecule has 0 unspecified atom stereocenters. The van der Waals surface area contributed by atoms with Gasteiger partial charge in [-0.05, 0) is 22.0 Å². The average Bonchev–Trinajstić information content (AvgIpc) is 3.04. The maximum atomic E-state index is 12.3. The normalized spacial score (nSPS) is 14.8. The molecular formula is C15H17N5O3. The summed E-state index contributed by atoms with van der Waals surface area (Å²) in [6.07, 6.45) is 2.59. The second-order valence-electron chi connectivity index (χ2n) is 5.36. The molecular weight excluding hydrogens is 298 g/mol. The summed E-state index contributed by atoms with van der Waals surface area (Å²) in [6, 6.07) is 10.1. The van der Waals surface area contributed by atoms with E-state index in [2.05, 4.69) is 22.0 Å². The number of nitrogens with zero attached hydrogens (tertiary/aromatic N) is 5. The molecule has 2 aromatic rings. The number of carbonyl (C=O) groups excluding carboxylic acids is 1. The first-order valence-corrected chi connectivity index (χ1v) is 7.37. The molecule has 120 valence electrons. The standard InChI is InChI=1S/C15H17N5O3/c21-15(11-17-10-14(16-12-17)20(22)23)19-8-6-18(7-9-19)13-4-2-1-3-5-13/h1-5,10,12H,6-9,11H2. The molecule has 2 heterocycles. The third kappa shape index (κ3) is 3.47. The predicted molar refractivity (Wildman–Crippen MR) is 84.1 cm³/mol. The van der Waals surface area contributed by atoms with Crippen molar-refractivity contribution in [2.45, 2.75) is 6.54 Å². The zero-order valence-electron chi connectivity index (χ0n) is 12.5. The highest BCUT2D eigenvalue weighted by atomic mass is 16.6. The molecule has 1 aliphatic rings. The molecule has 1 amide bonds. The van der Waals surface area contributed by atoms with Crippen LogP contribution in [0.1, 0.15) is 0 Å². The lowest BCUT2D eigenvalue weighted by Crippen LogP contribution is -2.49. The number of benzene rings is 1. The number of hydrogen-bond donors (Lipinski definition) is 0. The molecule has 0 aliphatic carbocycles. The minimum Gasteiger partial charge on any atom is -0.368 e. The lowest BCUT2D eigenvalue weighted by Gasteiger charge is -2.36. The molecule has 8 nitrogen and oxygen atoms in total. The van der Waals surface area contributed by atoms with E-state index in [-0.39, 0.29) is 18.3 Å². The van der Waals surface area contributed by atoms with E-state index in [1.165, 1.54) is 17.1 Å². The molecule has 0 atom stereocenters. The summed E-state index contributed by atoms with van der Waals surface area (Å²) in [5.74, 6) is -0.295. The van der Waals surface area contributed by atoms with Crippen molar-refractivity contribution in [2.24, 2.45) is 0 Å². The summed E-state index contributed by atoms with van der Waals surface area (Å²) in [5.41, 5.74) is 1.16. The summed E-state index contributed by atoms with van der Waals surface area (Å²) in [7, 11) is 0. The number of hydrogen-bond acceptors (Lipinski definition) is 5. The minimum atomic E-state index is -0.570. The number of piperazine rings is 1. The first kappa shape index (κ1) is 15.0. The first-order valence-electron chi connectivity index (χ1n) is 7.37. The van der Waals surface area contributed by atoms with E-state index in [9.17, 15) is 14.9 Å². The van der Waals surface area contributed by atoms with Gasteiger partial charge in [0.05, 0.1) is 0 Å². The van der Waals surface area contributed by atoms with Crippen LogP contribution in [0.25, 0.3) is 0 Å². The van der Waals surface area contributed by atoms with Crippen molar-refractivity contribution in [3.8, 4) is 0 Å². The van der Waals surface area contributed by atoms with Crippen molar-refractivity contribution >= 4 is 17.4 Å². The van der Waals surface area contributed by atoms with Gasteiger partial charge in [-0.25, -0.2) is 0 Å². The van der Waals surface area contributed by atoms with Gasteiger partial charge in [-0.15, -0.1) is 0 Å². The van der Waals surface area contributed by atoms with Crippen LogP contribution in [0.15, 0.2) is 42.9 Å². The number of aromatic nitrogens is 2. The SMILES string of the molecule is O=C(Cn1cnc([N+](=O)[O-])c1)N1CCN(c2ccccc2)CC1. The largest absolute Gasteiger partial charge is 0.381 e. The van der Waals surface area contributed by atoms with Crippen molar-refractivity contribution in [3.63, 3.8) is 0 Å². The highest BCUT2D eigenvalue weighted by Gasteiger charge is 2.22. The van der Waals surface area contributed by atoms with Crippen molar-refractivity contribution < 1.29 is 9.72 Å². The number of anilines is 1. The Balaban J connectivity index is 1.54. The second kappa shape index (κ2) is 6.47. The van der Waals surface area contributed by atoms with Gasteiger partial charge in [-0.1, -0.05) is 18.2 Å². The first-order chi connectivity index (χ1) is 11.1. The van der Waals surface area contributed by atoms with Crippen LogP contribution in [-0.2, 0) is 11.3 Å². The van der Waals surface area contributed by atoms with Crippen LogP contribution in [0.2, 0.25) is 0 Å². The Bertz CT molecular complexity index is 692. The fourth-order valence-electron chi connectivity index (χ4n) is 2.64. The van der Waals surface area contributed by atoms with Gasteiger partial charge in [-0.2, -0.15) is 0 Å². The van der Waals surface area contributed by atoms with E-state index in [1.807, 2.05) is 18.2 Å². The Morgan fingerprint density at radius 1 is 1.17 bits per heavy atom. The molecule has 3 rings (SSSR count). The highest BCUT2D eigenvalue weighted by Crippen LogP contribution is 2.16. The molecule has 0 N–H and O–H groups in total.